The Bertz CT molecular complexity index is 729. The first kappa shape index (κ1) is 13.3. The van der Waals surface area contributed by atoms with Crippen molar-refractivity contribution in [1.29, 1.82) is 5.26 Å². The number of methoxy groups -OCH3 is 1. The Morgan fingerprint density at radius 3 is 2.65 bits per heavy atom. The number of rotatable bonds is 3. The fourth-order valence-corrected chi connectivity index (χ4v) is 1.48. The number of carbonyl (C=O) groups is 1. The van der Waals surface area contributed by atoms with Crippen LogP contribution in [-0.4, -0.2) is 23.0 Å². The lowest BCUT2D eigenvalue weighted by Gasteiger charge is -2.05. The van der Waals surface area contributed by atoms with Crippen molar-refractivity contribution in [3.05, 3.63) is 51.9 Å². The monoisotopic (exact) mass is 270 g/mol. The number of nitrogens with zero attached hydrogens (tertiary/aromatic N) is 2. The molecule has 0 amide bonds. The van der Waals surface area contributed by atoms with Gasteiger partial charge in [-0.25, -0.2) is 9.78 Å². The van der Waals surface area contributed by atoms with E-state index in [1.807, 2.05) is 6.07 Å². The van der Waals surface area contributed by atoms with Gasteiger partial charge in [0.25, 0.3) is 5.56 Å². The molecule has 7 nitrogen and oxygen atoms in total. The molecular formula is C13H10N4O3. The van der Waals surface area contributed by atoms with Gasteiger partial charge in [-0.2, -0.15) is 5.26 Å². The molecule has 0 saturated carbocycles. The van der Waals surface area contributed by atoms with Crippen LogP contribution in [-0.2, 0) is 4.74 Å². The van der Waals surface area contributed by atoms with Crippen LogP contribution in [0.25, 0.3) is 0 Å². The van der Waals surface area contributed by atoms with E-state index in [0.717, 1.165) is 6.20 Å². The Balaban J connectivity index is 2.22. The molecule has 0 fully saturated rings. The van der Waals surface area contributed by atoms with Crippen LogP contribution in [0.4, 0.5) is 11.6 Å². The van der Waals surface area contributed by atoms with Crippen molar-refractivity contribution in [3.63, 3.8) is 0 Å². The van der Waals surface area contributed by atoms with E-state index in [4.69, 9.17) is 5.26 Å². The van der Waals surface area contributed by atoms with Gasteiger partial charge < -0.3 is 10.1 Å². The summed E-state index contributed by atoms with van der Waals surface area (Å²) in [5.74, 6) is -0.559. The van der Waals surface area contributed by atoms with Crippen molar-refractivity contribution in [1.82, 2.24) is 9.97 Å². The molecule has 2 rings (SSSR count). The number of nitriles is 1. The molecule has 0 aliphatic carbocycles. The maximum Gasteiger partial charge on any atom is 0.345 e. The average Bonchev–Trinajstić information content (AvgIpc) is 2.47. The minimum Gasteiger partial charge on any atom is -0.465 e. The number of nitrogens with one attached hydrogen (secondary N) is 2. The molecule has 1 heterocycles. The van der Waals surface area contributed by atoms with Gasteiger partial charge >= 0.3 is 5.97 Å². The maximum atomic E-state index is 11.7. The zero-order chi connectivity index (χ0) is 14.5. The normalized spacial score (nSPS) is 9.60. The molecule has 7 heteroatoms. The van der Waals surface area contributed by atoms with E-state index in [1.165, 1.54) is 7.11 Å². The van der Waals surface area contributed by atoms with E-state index in [2.05, 4.69) is 20.0 Å². The topological polar surface area (TPSA) is 108 Å². The standard InChI is InChI=1S/C13H10N4O3/c1-20-12(19)10-7-15-13(17-11(10)18)16-9-4-2-8(6-14)3-5-9/h2-5,7H,1H3,(H2,15,16,17,18). The first-order chi connectivity index (χ1) is 9.63. The summed E-state index contributed by atoms with van der Waals surface area (Å²) in [6.45, 7) is 0. The highest BCUT2D eigenvalue weighted by Gasteiger charge is 2.11. The SMILES string of the molecule is COC(=O)c1cnc(Nc2ccc(C#N)cc2)[nH]c1=O. The lowest BCUT2D eigenvalue weighted by molar-refractivity contribution is 0.0598. The molecule has 20 heavy (non-hydrogen) atoms. The Morgan fingerprint density at radius 1 is 1.40 bits per heavy atom. The maximum absolute atomic E-state index is 11.7. The molecule has 0 bridgehead atoms. The van der Waals surface area contributed by atoms with Crippen molar-refractivity contribution in [2.75, 3.05) is 12.4 Å². The van der Waals surface area contributed by atoms with Gasteiger partial charge in [-0.05, 0) is 24.3 Å². The highest BCUT2D eigenvalue weighted by atomic mass is 16.5. The second-order valence-corrected chi connectivity index (χ2v) is 3.78. The van der Waals surface area contributed by atoms with Crippen LogP contribution in [0.15, 0.2) is 35.3 Å². The van der Waals surface area contributed by atoms with Crippen molar-refractivity contribution in [2.45, 2.75) is 0 Å². The number of aromatic amines is 1. The number of ether oxygens (including phenoxy) is 1. The number of esters is 1. The van der Waals surface area contributed by atoms with Gasteiger partial charge in [0.2, 0.25) is 5.95 Å². The van der Waals surface area contributed by atoms with Crippen molar-refractivity contribution < 1.29 is 9.53 Å². The highest BCUT2D eigenvalue weighted by Crippen LogP contribution is 2.12. The van der Waals surface area contributed by atoms with Crippen LogP contribution in [0, 0.1) is 11.3 Å². The Labute approximate surface area is 113 Å². The minimum atomic E-state index is -0.747. The average molecular weight is 270 g/mol. The molecule has 0 atom stereocenters. The number of hydrogen-bond donors (Lipinski definition) is 2. The first-order valence-corrected chi connectivity index (χ1v) is 5.59. The molecule has 1 aromatic carbocycles. The lowest BCUT2D eigenvalue weighted by atomic mass is 10.2. The third-order valence-electron chi connectivity index (χ3n) is 2.48. The Hall–Kier alpha value is -3.14. The summed E-state index contributed by atoms with van der Waals surface area (Å²) in [6, 6.07) is 8.60. The number of benzene rings is 1. The van der Waals surface area contributed by atoms with E-state index in [0.29, 0.717) is 11.3 Å². The third kappa shape index (κ3) is 2.81. The van der Waals surface area contributed by atoms with Crippen LogP contribution in [0.5, 0.6) is 0 Å². The van der Waals surface area contributed by atoms with Gasteiger partial charge in [0.15, 0.2) is 0 Å². The van der Waals surface area contributed by atoms with Crippen LogP contribution < -0.4 is 10.9 Å². The molecular weight excluding hydrogens is 260 g/mol. The predicted octanol–water partition coefficient (Wildman–Crippen LogP) is 1.17. The Morgan fingerprint density at radius 2 is 2.10 bits per heavy atom. The van der Waals surface area contributed by atoms with Gasteiger partial charge in [-0.15, -0.1) is 0 Å². The molecule has 0 aliphatic heterocycles. The molecule has 0 spiro atoms. The fraction of sp³-hybridized carbons (Fsp3) is 0.0769. The van der Waals surface area contributed by atoms with Crippen molar-refractivity contribution in [3.8, 4) is 6.07 Å². The van der Waals surface area contributed by atoms with E-state index in [9.17, 15) is 9.59 Å². The lowest BCUT2D eigenvalue weighted by Crippen LogP contribution is -2.20. The number of aromatic nitrogens is 2. The summed E-state index contributed by atoms with van der Waals surface area (Å²) in [4.78, 5) is 29.2. The summed E-state index contributed by atoms with van der Waals surface area (Å²) in [6.07, 6.45) is 1.14. The second-order valence-electron chi connectivity index (χ2n) is 3.78. The molecule has 2 aromatic rings. The fourth-order valence-electron chi connectivity index (χ4n) is 1.48. The van der Waals surface area contributed by atoms with Gasteiger partial charge in [0.1, 0.15) is 5.56 Å². The number of hydrogen-bond acceptors (Lipinski definition) is 6. The first-order valence-electron chi connectivity index (χ1n) is 5.59. The largest absolute Gasteiger partial charge is 0.465 e. The molecule has 100 valence electrons. The van der Waals surface area contributed by atoms with Crippen molar-refractivity contribution in [2.24, 2.45) is 0 Å². The second kappa shape index (κ2) is 5.67. The summed E-state index contributed by atoms with van der Waals surface area (Å²) >= 11 is 0. The molecule has 0 radical (unpaired) electrons. The summed E-state index contributed by atoms with van der Waals surface area (Å²) < 4.78 is 4.45. The van der Waals surface area contributed by atoms with Gasteiger partial charge in [-0.3, -0.25) is 9.78 Å². The summed E-state index contributed by atoms with van der Waals surface area (Å²) in [5.41, 5.74) is 0.414. The number of anilines is 2. The molecule has 2 N–H and O–H groups in total. The van der Waals surface area contributed by atoms with Crippen LogP contribution in [0.3, 0.4) is 0 Å². The zero-order valence-corrected chi connectivity index (χ0v) is 10.5. The molecule has 0 aliphatic rings. The zero-order valence-electron chi connectivity index (χ0n) is 10.5. The van der Waals surface area contributed by atoms with E-state index < -0.39 is 11.5 Å². The Kier molecular flexibility index (Phi) is 3.77. The predicted molar refractivity (Wildman–Crippen MR) is 70.6 cm³/mol. The van der Waals surface area contributed by atoms with E-state index in [-0.39, 0.29) is 11.5 Å². The van der Waals surface area contributed by atoms with Crippen molar-refractivity contribution >= 4 is 17.6 Å². The number of H-pyrrole nitrogens is 1. The van der Waals surface area contributed by atoms with E-state index >= 15 is 0 Å². The third-order valence-corrected chi connectivity index (χ3v) is 2.48. The van der Waals surface area contributed by atoms with E-state index in [1.54, 1.807) is 24.3 Å². The molecule has 1 aromatic heterocycles. The van der Waals surface area contributed by atoms with Crippen LogP contribution in [0.1, 0.15) is 15.9 Å². The van der Waals surface area contributed by atoms with Crippen LogP contribution in [0.2, 0.25) is 0 Å². The van der Waals surface area contributed by atoms with Gasteiger partial charge in [0.05, 0.1) is 24.9 Å². The molecule has 0 unspecified atom stereocenters. The quantitative estimate of drug-likeness (QED) is 0.810. The smallest absolute Gasteiger partial charge is 0.345 e. The summed E-state index contributed by atoms with van der Waals surface area (Å²) in [5, 5.41) is 11.5. The number of carbonyl (C=O) groups excluding carboxylic acids is 1. The highest BCUT2D eigenvalue weighted by molar-refractivity contribution is 5.88. The van der Waals surface area contributed by atoms with Gasteiger partial charge in [0, 0.05) is 5.69 Å². The minimum absolute atomic E-state index is 0.169. The van der Waals surface area contributed by atoms with Crippen LogP contribution >= 0.6 is 0 Å². The summed E-state index contributed by atoms with van der Waals surface area (Å²) in [7, 11) is 1.19. The van der Waals surface area contributed by atoms with Gasteiger partial charge in [-0.1, -0.05) is 0 Å². The molecule has 0 saturated heterocycles.